The molecular formula is C31H26F7N5O2. The van der Waals surface area contributed by atoms with Crippen LogP contribution in [0.4, 0.5) is 41.2 Å². The lowest BCUT2D eigenvalue weighted by Crippen LogP contribution is -2.47. The van der Waals surface area contributed by atoms with Crippen molar-refractivity contribution < 1.29 is 40.3 Å². The van der Waals surface area contributed by atoms with Gasteiger partial charge in [0.1, 0.15) is 5.82 Å². The third kappa shape index (κ3) is 6.64. The number of urea groups is 1. The van der Waals surface area contributed by atoms with Crippen LogP contribution in [0.5, 0.6) is 0 Å². The Balaban J connectivity index is 1.43. The lowest BCUT2D eigenvalue weighted by atomic mass is 9.93. The van der Waals surface area contributed by atoms with Gasteiger partial charge >= 0.3 is 18.4 Å². The molecule has 1 aliphatic heterocycles. The van der Waals surface area contributed by atoms with Crippen molar-refractivity contribution in [2.75, 3.05) is 32.1 Å². The Bertz CT molecular complexity index is 1640. The Kier molecular flexibility index (Phi) is 8.34. The maximum absolute atomic E-state index is 13.7. The molecule has 2 atom stereocenters. The fourth-order valence-electron chi connectivity index (χ4n) is 5.36. The van der Waals surface area contributed by atoms with Crippen molar-refractivity contribution in [2.24, 2.45) is 0 Å². The monoisotopic (exact) mass is 633 g/mol. The number of likely N-dealkylation sites (tertiary alicyclic amines) is 1. The van der Waals surface area contributed by atoms with Gasteiger partial charge in [0.15, 0.2) is 0 Å². The van der Waals surface area contributed by atoms with Gasteiger partial charge in [0.25, 0.3) is 5.91 Å². The van der Waals surface area contributed by atoms with Crippen LogP contribution in [0.2, 0.25) is 0 Å². The second kappa shape index (κ2) is 11.9. The predicted molar refractivity (Wildman–Crippen MR) is 150 cm³/mol. The highest BCUT2D eigenvalue weighted by molar-refractivity contribution is 5.95. The van der Waals surface area contributed by atoms with Crippen LogP contribution in [-0.2, 0) is 12.4 Å². The van der Waals surface area contributed by atoms with E-state index in [1.54, 1.807) is 47.4 Å². The van der Waals surface area contributed by atoms with E-state index in [2.05, 4.69) is 5.10 Å². The van der Waals surface area contributed by atoms with Crippen molar-refractivity contribution >= 4 is 17.6 Å². The van der Waals surface area contributed by atoms with E-state index < -0.39 is 53.0 Å². The van der Waals surface area contributed by atoms with Crippen molar-refractivity contribution in [3.63, 3.8) is 0 Å². The molecule has 0 aliphatic carbocycles. The molecule has 0 saturated carbocycles. The molecule has 0 radical (unpaired) electrons. The number of aromatic nitrogens is 2. The summed E-state index contributed by atoms with van der Waals surface area (Å²) in [6.07, 6.45) is -6.84. The number of nitrogens with zero attached hydrogens (tertiary/aromatic N) is 5. The van der Waals surface area contributed by atoms with Crippen LogP contribution >= 0.6 is 0 Å². The highest BCUT2D eigenvalue weighted by atomic mass is 19.4. The van der Waals surface area contributed by atoms with Crippen molar-refractivity contribution in [3.05, 3.63) is 113 Å². The fourth-order valence-corrected chi connectivity index (χ4v) is 5.36. The summed E-state index contributed by atoms with van der Waals surface area (Å²) in [4.78, 5) is 30.5. The quantitative estimate of drug-likeness (QED) is 0.226. The van der Waals surface area contributed by atoms with Gasteiger partial charge < -0.3 is 9.80 Å². The van der Waals surface area contributed by atoms with E-state index in [1.807, 2.05) is 0 Å². The van der Waals surface area contributed by atoms with Crippen molar-refractivity contribution in [1.29, 1.82) is 0 Å². The highest BCUT2D eigenvalue weighted by Gasteiger charge is 2.42. The van der Waals surface area contributed by atoms with Gasteiger partial charge in [0.2, 0.25) is 0 Å². The number of likely N-dealkylation sites (N-methyl/N-ethyl adjacent to an activating group) is 1. The topological polar surface area (TPSA) is 61.7 Å². The SMILES string of the molecule is CN(C(=O)N(C)C1CN(C(=O)c2ccc(-n3cccn3)cc2)CC1c1ccc(F)cc1)c1cc(C(F)(F)F)cc(C(F)(F)F)c1. The Morgan fingerprint density at radius 3 is 1.98 bits per heavy atom. The first-order valence-corrected chi connectivity index (χ1v) is 13.6. The summed E-state index contributed by atoms with van der Waals surface area (Å²) in [7, 11) is 2.42. The van der Waals surface area contributed by atoms with Gasteiger partial charge in [-0.1, -0.05) is 12.1 Å². The first kappa shape index (κ1) is 31.5. The summed E-state index contributed by atoms with van der Waals surface area (Å²) in [5, 5.41) is 4.15. The third-order valence-corrected chi connectivity index (χ3v) is 7.80. The van der Waals surface area contributed by atoms with Crippen molar-refractivity contribution in [3.8, 4) is 5.69 Å². The minimum Gasteiger partial charge on any atom is -0.336 e. The number of hydrogen-bond donors (Lipinski definition) is 0. The second-order valence-corrected chi connectivity index (χ2v) is 10.6. The minimum absolute atomic E-state index is 0.00570. The first-order valence-electron chi connectivity index (χ1n) is 13.6. The van der Waals surface area contributed by atoms with Crippen molar-refractivity contribution in [1.82, 2.24) is 19.6 Å². The summed E-state index contributed by atoms with van der Waals surface area (Å²) in [5.41, 5.74) is -2.08. The molecule has 45 heavy (non-hydrogen) atoms. The number of rotatable bonds is 5. The van der Waals surface area contributed by atoms with Crippen LogP contribution in [0.3, 0.4) is 0 Å². The predicted octanol–water partition coefficient (Wildman–Crippen LogP) is 6.85. The van der Waals surface area contributed by atoms with E-state index in [4.69, 9.17) is 0 Å². The molecule has 2 heterocycles. The Hall–Kier alpha value is -4.88. The fraction of sp³-hybridized carbons (Fsp3) is 0.258. The zero-order chi connectivity index (χ0) is 32.7. The number of anilines is 1. The Morgan fingerprint density at radius 2 is 1.44 bits per heavy atom. The highest BCUT2D eigenvalue weighted by Crippen LogP contribution is 2.39. The molecule has 14 heteroatoms. The summed E-state index contributed by atoms with van der Waals surface area (Å²) in [5.74, 6) is -1.42. The summed E-state index contributed by atoms with van der Waals surface area (Å²) >= 11 is 0. The molecule has 1 aromatic heterocycles. The average molecular weight is 634 g/mol. The molecule has 1 aliphatic rings. The number of halogens is 7. The van der Waals surface area contributed by atoms with E-state index in [-0.39, 0.29) is 25.1 Å². The minimum atomic E-state index is -5.09. The van der Waals surface area contributed by atoms with Crippen LogP contribution in [0.25, 0.3) is 5.69 Å². The lowest BCUT2D eigenvalue weighted by molar-refractivity contribution is -0.143. The van der Waals surface area contributed by atoms with E-state index in [1.165, 1.54) is 41.1 Å². The molecule has 0 spiro atoms. The number of benzene rings is 3. The molecule has 0 N–H and O–H groups in total. The Morgan fingerprint density at radius 1 is 0.844 bits per heavy atom. The van der Waals surface area contributed by atoms with E-state index in [9.17, 15) is 40.3 Å². The number of carbonyl (C=O) groups is 2. The van der Waals surface area contributed by atoms with Gasteiger partial charge in [-0.3, -0.25) is 9.69 Å². The van der Waals surface area contributed by atoms with E-state index in [0.717, 1.165) is 12.7 Å². The van der Waals surface area contributed by atoms with Gasteiger partial charge in [0, 0.05) is 56.7 Å². The number of alkyl halides is 6. The normalized spacial score (nSPS) is 17.0. The largest absolute Gasteiger partial charge is 0.416 e. The standard InChI is InChI=1S/C31H26F7N5O2/c1-40(25-15-21(30(33,34)35)14-22(16-25)31(36,37)38)29(45)41(2)27-18-42(17-26(27)19-4-8-23(32)9-5-19)28(44)20-6-10-24(11-7-20)43-13-3-12-39-43/h3-16,26-27H,17-18H2,1-2H3. The van der Waals surface area contributed by atoms with Crippen LogP contribution < -0.4 is 4.90 Å². The van der Waals surface area contributed by atoms with Crippen LogP contribution in [0.1, 0.15) is 33.0 Å². The number of carbonyl (C=O) groups excluding carboxylic acids is 2. The van der Waals surface area contributed by atoms with Crippen LogP contribution in [0.15, 0.2) is 85.2 Å². The summed E-state index contributed by atoms with van der Waals surface area (Å²) in [6, 6.07) is 13.1. The van der Waals surface area contributed by atoms with Gasteiger partial charge in [-0.2, -0.15) is 31.4 Å². The second-order valence-electron chi connectivity index (χ2n) is 10.6. The number of hydrogen-bond acceptors (Lipinski definition) is 3. The summed E-state index contributed by atoms with van der Waals surface area (Å²) < 4.78 is 96.2. The van der Waals surface area contributed by atoms with Gasteiger partial charge in [0.05, 0.1) is 22.9 Å². The zero-order valence-corrected chi connectivity index (χ0v) is 23.9. The molecule has 3 amide bonds. The molecule has 4 aromatic rings. The average Bonchev–Trinajstić information content (AvgIpc) is 3.70. The molecule has 3 aromatic carbocycles. The molecule has 1 fully saturated rings. The van der Waals surface area contributed by atoms with Crippen LogP contribution in [0, 0.1) is 5.82 Å². The van der Waals surface area contributed by atoms with Crippen LogP contribution in [-0.4, -0.2) is 64.7 Å². The Labute approximate surface area is 253 Å². The molecule has 0 bridgehead atoms. The molecule has 236 valence electrons. The lowest BCUT2D eigenvalue weighted by Gasteiger charge is -2.33. The van der Waals surface area contributed by atoms with E-state index >= 15 is 0 Å². The number of amides is 3. The maximum atomic E-state index is 13.7. The first-order chi connectivity index (χ1) is 21.1. The molecule has 5 rings (SSSR count). The van der Waals surface area contributed by atoms with Gasteiger partial charge in [-0.15, -0.1) is 0 Å². The molecule has 7 nitrogen and oxygen atoms in total. The molecular weight excluding hydrogens is 607 g/mol. The zero-order valence-electron chi connectivity index (χ0n) is 23.9. The smallest absolute Gasteiger partial charge is 0.336 e. The third-order valence-electron chi connectivity index (χ3n) is 7.80. The molecule has 1 saturated heterocycles. The van der Waals surface area contributed by atoms with Gasteiger partial charge in [-0.25, -0.2) is 13.9 Å². The maximum Gasteiger partial charge on any atom is 0.416 e. The molecule has 2 unspecified atom stereocenters. The summed E-state index contributed by atoms with van der Waals surface area (Å²) in [6.45, 7) is 0.105. The van der Waals surface area contributed by atoms with Crippen molar-refractivity contribution in [2.45, 2.75) is 24.3 Å². The van der Waals surface area contributed by atoms with E-state index in [0.29, 0.717) is 28.2 Å². The van der Waals surface area contributed by atoms with Gasteiger partial charge in [-0.05, 0) is 66.2 Å².